The van der Waals surface area contributed by atoms with Gasteiger partial charge in [0, 0.05) is 6.42 Å². The molecule has 0 saturated carbocycles. The standard InChI is InChI=1S/C18H25N5/c1-21-11-6-14-15(12-19)17(22-7-2-3-8-22)20-18(16(14)13-21)23-9-4-5-10-23/h2-11,13H2,1H3/p+2. The fourth-order valence-corrected chi connectivity index (χ4v) is 4.39. The van der Waals surface area contributed by atoms with Gasteiger partial charge in [0.2, 0.25) is 11.6 Å². The zero-order chi connectivity index (χ0) is 15.8. The minimum Gasteiger partial charge on any atom is -0.333 e. The molecule has 23 heavy (non-hydrogen) atoms. The van der Waals surface area contributed by atoms with Crippen molar-refractivity contribution in [2.45, 2.75) is 38.6 Å². The maximum absolute atomic E-state index is 9.84. The molecule has 0 aliphatic carbocycles. The summed E-state index contributed by atoms with van der Waals surface area (Å²) in [6, 6.07) is 2.53. The molecule has 2 N–H and O–H groups in total. The van der Waals surface area contributed by atoms with Crippen molar-refractivity contribution in [1.29, 1.82) is 5.26 Å². The van der Waals surface area contributed by atoms with Gasteiger partial charge in [-0.05, 0) is 31.2 Å². The number of nitriles is 1. The molecule has 1 atom stereocenters. The highest BCUT2D eigenvalue weighted by molar-refractivity contribution is 5.62. The van der Waals surface area contributed by atoms with E-state index in [-0.39, 0.29) is 0 Å². The normalized spacial score (nSPS) is 23.9. The first-order valence-corrected chi connectivity index (χ1v) is 9.10. The molecule has 4 rings (SSSR count). The molecule has 1 aromatic heterocycles. The van der Waals surface area contributed by atoms with Crippen LogP contribution in [0.4, 0.5) is 11.6 Å². The van der Waals surface area contributed by atoms with Gasteiger partial charge in [0.15, 0.2) is 0 Å². The van der Waals surface area contributed by atoms with Crippen LogP contribution in [0.5, 0.6) is 0 Å². The first-order chi connectivity index (χ1) is 11.3. The molecule has 0 aromatic carbocycles. The predicted octanol–water partition coefficient (Wildman–Crippen LogP) is 0.144. The van der Waals surface area contributed by atoms with Gasteiger partial charge < -0.3 is 4.90 Å². The topological polar surface area (TPSA) is 48.9 Å². The number of pyridine rings is 1. The molecule has 3 aliphatic rings. The quantitative estimate of drug-likeness (QED) is 0.845. The maximum atomic E-state index is 9.84. The van der Waals surface area contributed by atoms with Gasteiger partial charge in [-0.25, -0.2) is 4.98 Å². The van der Waals surface area contributed by atoms with Crippen LogP contribution in [0.15, 0.2) is 0 Å². The molecule has 5 nitrogen and oxygen atoms in total. The number of anilines is 2. The fraction of sp³-hybridized carbons (Fsp3) is 0.667. The van der Waals surface area contributed by atoms with Crippen LogP contribution < -0.4 is 19.7 Å². The molecule has 4 heterocycles. The summed E-state index contributed by atoms with van der Waals surface area (Å²) in [6.45, 7) is 6.61. The van der Waals surface area contributed by atoms with Gasteiger partial charge in [-0.15, -0.1) is 0 Å². The highest BCUT2D eigenvalue weighted by Crippen LogP contribution is 2.31. The number of H-pyrrole nitrogens is 1. The van der Waals surface area contributed by atoms with Gasteiger partial charge in [0.1, 0.15) is 18.2 Å². The summed E-state index contributed by atoms with van der Waals surface area (Å²) < 4.78 is 0. The number of nitrogens with zero attached hydrogens (tertiary/aromatic N) is 3. The third-order valence-corrected chi connectivity index (χ3v) is 5.66. The third-order valence-electron chi connectivity index (χ3n) is 5.66. The summed E-state index contributed by atoms with van der Waals surface area (Å²) >= 11 is 0. The van der Waals surface area contributed by atoms with Gasteiger partial charge in [0.05, 0.1) is 45.3 Å². The lowest BCUT2D eigenvalue weighted by Crippen LogP contribution is -3.08. The average molecular weight is 313 g/mol. The van der Waals surface area contributed by atoms with Crippen LogP contribution >= 0.6 is 0 Å². The van der Waals surface area contributed by atoms with E-state index in [1.807, 2.05) is 0 Å². The molecule has 3 aliphatic heterocycles. The van der Waals surface area contributed by atoms with E-state index in [4.69, 9.17) is 0 Å². The number of hydrogen-bond acceptors (Lipinski definition) is 3. The number of aromatic amines is 1. The number of nitrogens with one attached hydrogen (secondary N) is 2. The van der Waals surface area contributed by atoms with Crippen molar-refractivity contribution >= 4 is 11.6 Å². The number of likely N-dealkylation sites (N-methyl/N-ethyl adjacent to an activating group) is 1. The fourth-order valence-electron chi connectivity index (χ4n) is 4.39. The van der Waals surface area contributed by atoms with E-state index in [0.717, 1.165) is 57.1 Å². The molecule has 0 bridgehead atoms. The van der Waals surface area contributed by atoms with E-state index in [2.05, 4.69) is 27.9 Å². The van der Waals surface area contributed by atoms with Gasteiger partial charge in [-0.3, -0.25) is 9.80 Å². The van der Waals surface area contributed by atoms with Crippen LogP contribution in [0, 0.1) is 11.3 Å². The smallest absolute Gasteiger partial charge is 0.240 e. The van der Waals surface area contributed by atoms with E-state index in [1.165, 1.54) is 42.6 Å². The van der Waals surface area contributed by atoms with Crippen molar-refractivity contribution in [1.82, 2.24) is 0 Å². The number of aromatic nitrogens is 1. The molecule has 2 saturated heterocycles. The van der Waals surface area contributed by atoms with Crippen LogP contribution in [0.3, 0.4) is 0 Å². The Morgan fingerprint density at radius 2 is 1.57 bits per heavy atom. The molecule has 2 fully saturated rings. The predicted molar refractivity (Wildman–Crippen MR) is 89.8 cm³/mol. The van der Waals surface area contributed by atoms with Crippen LogP contribution in [-0.2, 0) is 13.0 Å². The maximum Gasteiger partial charge on any atom is 0.240 e. The highest BCUT2D eigenvalue weighted by atomic mass is 15.3. The van der Waals surface area contributed by atoms with Crippen molar-refractivity contribution in [3.05, 3.63) is 16.7 Å². The summed E-state index contributed by atoms with van der Waals surface area (Å²) in [4.78, 5) is 10.2. The Bertz CT molecular complexity index is 636. The van der Waals surface area contributed by atoms with Crippen LogP contribution in [0.1, 0.15) is 42.4 Å². The summed E-state index contributed by atoms with van der Waals surface area (Å²) in [7, 11) is 2.26. The van der Waals surface area contributed by atoms with Crippen LogP contribution in [0.2, 0.25) is 0 Å². The van der Waals surface area contributed by atoms with Crippen molar-refractivity contribution in [3.63, 3.8) is 0 Å². The van der Waals surface area contributed by atoms with Gasteiger partial charge >= 0.3 is 0 Å². The monoisotopic (exact) mass is 313 g/mol. The molecule has 5 heteroatoms. The number of fused-ring (bicyclic) bond motifs is 1. The van der Waals surface area contributed by atoms with Crippen molar-refractivity contribution in [3.8, 4) is 6.07 Å². The Kier molecular flexibility index (Phi) is 3.86. The second-order valence-corrected chi connectivity index (χ2v) is 7.29. The van der Waals surface area contributed by atoms with E-state index in [0.29, 0.717) is 0 Å². The SMILES string of the molecule is C[NH+]1CCc2c(C#N)c(N3CCCC3)[nH+]c(N3CCCC3)c2C1. The minimum atomic E-state index is 0.914. The minimum absolute atomic E-state index is 0.914. The molecule has 1 aromatic rings. The lowest BCUT2D eigenvalue weighted by Gasteiger charge is -2.28. The number of hydrogen-bond donors (Lipinski definition) is 1. The van der Waals surface area contributed by atoms with Crippen molar-refractivity contribution in [2.24, 2.45) is 0 Å². The Balaban J connectivity index is 1.86. The first-order valence-electron chi connectivity index (χ1n) is 9.10. The van der Waals surface area contributed by atoms with Gasteiger partial charge in [-0.1, -0.05) is 0 Å². The van der Waals surface area contributed by atoms with Crippen LogP contribution in [-0.4, -0.2) is 39.8 Å². The molecule has 0 spiro atoms. The molecule has 1 unspecified atom stereocenters. The summed E-state index contributed by atoms with van der Waals surface area (Å²) in [6.07, 6.45) is 6.07. The summed E-state index contributed by atoms with van der Waals surface area (Å²) in [5, 5.41) is 9.84. The molecule has 0 radical (unpaired) electrons. The van der Waals surface area contributed by atoms with Gasteiger partial charge in [-0.2, -0.15) is 5.26 Å². The van der Waals surface area contributed by atoms with E-state index >= 15 is 0 Å². The summed E-state index contributed by atoms with van der Waals surface area (Å²) in [5.74, 6) is 2.39. The Morgan fingerprint density at radius 1 is 0.957 bits per heavy atom. The van der Waals surface area contributed by atoms with Crippen molar-refractivity contribution in [2.75, 3.05) is 49.6 Å². The molecular formula is C18H27N5+2. The Labute approximate surface area is 138 Å². The second-order valence-electron chi connectivity index (χ2n) is 7.29. The first kappa shape index (κ1) is 14.8. The summed E-state index contributed by atoms with van der Waals surface area (Å²) in [5.41, 5.74) is 3.63. The zero-order valence-electron chi connectivity index (χ0n) is 14.1. The highest BCUT2D eigenvalue weighted by Gasteiger charge is 2.35. The lowest BCUT2D eigenvalue weighted by atomic mass is 9.95. The Morgan fingerprint density at radius 3 is 2.17 bits per heavy atom. The lowest BCUT2D eigenvalue weighted by molar-refractivity contribution is -0.895. The number of rotatable bonds is 2. The zero-order valence-corrected chi connectivity index (χ0v) is 14.1. The van der Waals surface area contributed by atoms with E-state index < -0.39 is 0 Å². The number of quaternary nitrogens is 1. The Hall–Kier alpha value is -1.80. The second kappa shape index (κ2) is 6.01. The van der Waals surface area contributed by atoms with Crippen LogP contribution in [0.25, 0.3) is 0 Å². The molecule has 0 amide bonds. The molecule has 122 valence electrons. The van der Waals surface area contributed by atoms with Gasteiger partial charge in [0.25, 0.3) is 0 Å². The average Bonchev–Trinajstić information content (AvgIpc) is 3.26. The van der Waals surface area contributed by atoms with E-state index in [9.17, 15) is 5.26 Å². The largest absolute Gasteiger partial charge is 0.333 e. The van der Waals surface area contributed by atoms with E-state index in [1.54, 1.807) is 4.90 Å². The molecular weight excluding hydrogens is 286 g/mol. The van der Waals surface area contributed by atoms with Crippen molar-refractivity contribution < 1.29 is 9.88 Å². The third kappa shape index (κ3) is 2.55.